The maximum atomic E-state index is 2.30. The zero-order valence-electron chi connectivity index (χ0n) is 4.69. The molecule has 0 bridgehead atoms. The van der Waals surface area contributed by atoms with Crippen LogP contribution in [-0.4, -0.2) is 6.54 Å². The predicted molar refractivity (Wildman–Crippen MR) is 29.6 cm³/mol. The monoisotopic (exact) mass is 99.1 g/mol. The van der Waals surface area contributed by atoms with Crippen LogP contribution in [0.2, 0.25) is 0 Å². The lowest BCUT2D eigenvalue weighted by Crippen LogP contribution is -2.80. The van der Waals surface area contributed by atoms with Gasteiger partial charge < -0.3 is 5.32 Å². The number of hydrogen-bond acceptors (Lipinski definition) is 0. The van der Waals surface area contributed by atoms with Gasteiger partial charge in [-0.3, -0.25) is 0 Å². The van der Waals surface area contributed by atoms with E-state index in [1.54, 1.807) is 0 Å². The largest absolute Gasteiger partial charge is 0.477 e. The van der Waals surface area contributed by atoms with Crippen molar-refractivity contribution in [1.29, 1.82) is 0 Å². The van der Waals surface area contributed by atoms with Gasteiger partial charge in [0.25, 0.3) is 0 Å². The third-order valence-electron chi connectivity index (χ3n) is 1.41. The van der Waals surface area contributed by atoms with Gasteiger partial charge in [0.05, 0.1) is 6.54 Å². The van der Waals surface area contributed by atoms with E-state index in [1.165, 1.54) is 32.2 Å². The van der Waals surface area contributed by atoms with Crippen LogP contribution in [0.4, 0.5) is 0 Å². The third kappa shape index (κ3) is 1.93. The predicted octanol–water partition coefficient (Wildman–Crippen LogP) is 0.286. The summed E-state index contributed by atoms with van der Waals surface area (Å²) in [5.74, 6) is 0. The molecule has 0 spiro atoms. The van der Waals surface area contributed by atoms with Crippen LogP contribution in [0.1, 0.15) is 25.7 Å². The second-order valence-corrected chi connectivity index (χ2v) is 2.11. The second kappa shape index (κ2) is 3.03. The lowest BCUT2D eigenvalue weighted by molar-refractivity contribution is -0.615. The van der Waals surface area contributed by atoms with Crippen molar-refractivity contribution in [2.75, 3.05) is 6.54 Å². The molecule has 0 aromatic heterocycles. The van der Waals surface area contributed by atoms with Gasteiger partial charge in [-0.2, -0.15) is 0 Å². The molecule has 2 N–H and O–H groups in total. The summed E-state index contributed by atoms with van der Waals surface area (Å²) in [6, 6.07) is 0. The number of nitrogens with two attached hydrogens (primary N) is 1. The highest BCUT2D eigenvalue weighted by Gasteiger charge is 1.90. The van der Waals surface area contributed by atoms with Crippen molar-refractivity contribution in [3.63, 3.8) is 0 Å². The molecule has 0 aromatic rings. The molecule has 7 heavy (non-hydrogen) atoms. The van der Waals surface area contributed by atoms with Gasteiger partial charge in [0.1, 0.15) is 0 Å². The fraction of sp³-hybridized carbons (Fsp3) is 0.833. The molecule has 1 aliphatic rings. The Labute approximate surface area is 45.1 Å². The van der Waals surface area contributed by atoms with Crippen LogP contribution in [0.5, 0.6) is 0 Å². The molecular weight excluding hydrogens is 86.1 g/mol. The SMILES string of the molecule is [CH-]1CCCCC[NH2+]1. The molecule has 0 radical (unpaired) electrons. The zero-order chi connectivity index (χ0) is 4.95. The van der Waals surface area contributed by atoms with Gasteiger partial charge in [-0.1, -0.05) is 12.8 Å². The second-order valence-electron chi connectivity index (χ2n) is 2.11. The summed E-state index contributed by atoms with van der Waals surface area (Å²) in [4.78, 5) is 0. The lowest BCUT2D eigenvalue weighted by atomic mass is 10.2. The average molecular weight is 99.2 g/mol. The Bertz CT molecular complexity index is 23.8. The van der Waals surface area contributed by atoms with Crippen LogP contribution in [0.25, 0.3) is 0 Å². The van der Waals surface area contributed by atoms with Gasteiger partial charge in [-0.05, 0) is 6.42 Å². The normalized spacial score (nSPS) is 24.0. The molecule has 1 rings (SSSR count). The van der Waals surface area contributed by atoms with Crippen LogP contribution >= 0.6 is 0 Å². The topological polar surface area (TPSA) is 16.6 Å². The van der Waals surface area contributed by atoms with Crippen LogP contribution in [0.15, 0.2) is 0 Å². The third-order valence-corrected chi connectivity index (χ3v) is 1.41. The quantitative estimate of drug-likeness (QED) is 0.420. The molecule has 0 unspecified atom stereocenters. The van der Waals surface area contributed by atoms with Crippen LogP contribution in [-0.2, 0) is 0 Å². The molecule has 0 aromatic carbocycles. The summed E-state index contributed by atoms with van der Waals surface area (Å²) in [6.45, 7) is 3.62. The van der Waals surface area contributed by atoms with Crippen molar-refractivity contribution < 1.29 is 5.32 Å². The minimum Gasteiger partial charge on any atom is -0.477 e. The average Bonchev–Trinajstić information content (AvgIpc) is 1.90. The Kier molecular flexibility index (Phi) is 2.21. The standard InChI is InChI=1S/C6H13N/c1-2-4-6-7-5-3-1/h5H,1-4,6-7H2. The first-order chi connectivity index (χ1) is 3.50. The summed E-state index contributed by atoms with van der Waals surface area (Å²) in [7, 11) is 0. The summed E-state index contributed by atoms with van der Waals surface area (Å²) in [5.41, 5.74) is 0. The number of rotatable bonds is 0. The van der Waals surface area contributed by atoms with E-state index >= 15 is 0 Å². The van der Waals surface area contributed by atoms with E-state index in [0.717, 1.165) is 0 Å². The molecule has 0 atom stereocenters. The van der Waals surface area contributed by atoms with Gasteiger partial charge in [-0.25, -0.2) is 0 Å². The summed E-state index contributed by atoms with van der Waals surface area (Å²) < 4.78 is 0. The smallest absolute Gasteiger partial charge is 0.0517 e. The van der Waals surface area contributed by atoms with E-state index in [4.69, 9.17) is 0 Å². The van der Waals surface area contributed by atoms with Crippen molar-refractivity contribution in [1.82, 2.24) is 0 Å². The highest BCUT2D eigenvalue weighted by Crippen LogP contribution is 1.99. The fourth-order valence-electron chi connectivity index (χ4n) is 0.937. The molecule has 1 saturated heterocycles. The number of quaternary nitrogens is 1. The van der Waals surface area contributed by atoms with E-state index in [-0.39, 0.29) is 0 Å². The van der Waals surface area contributed by atoms with Gasteiger partial charge in [0.15, 0.2) is 0 Å². The minimum absolute atomic E-state index is 1.32. The Morgan fingerprint density at radius 2 is 2.14 bits per heavy atom. The lowest BCUT2D eigenvalue weighted by Gasteiger charge is -2.00. The zero-order valence-corrected chi connectivity index (χ0v) is 4.69. The molecule has 1 fully saturated rings. The van der Waals surface area contributed by atoms with Crippen LogP contribution < -0.4 is 5.32 Å². The van der Waals surface area contributed by atoms with Gasteiger partial charge in [0, 0.05) is 0 Å². The van der Waals surface area contributed by atoms with Crippen molar-refractivity contribution in [3.05, 3.63) is 6.54 Å². The molecular formula is C6H13N. The molecule has 1 heterocycles. The first kappa shape index (κ1) is 5.10. The molecule has 0 aliphatic carbocycles. The molecule has 1 aliphatic heterocycles. The van der Waals surface area contributed by atoms with E-state index in [2.05, 4.69) is 11.9 Å². The van der Waals surface area contributed by atoms with Gasteiger partial charge in [-0.15, -0.1) is 13.0 Å². The maximum Gasteiger partial charge on any atom is 0.0517 e. The summed E-state index contributed by atoms with van der Waals surface area (Å²) in [6.07, 6.45) is 5.58. The molecule has 1 heteroatoms. The minimum atomic E-state index is 1.32. The highest BCUT2D eigenvalue weighted by atomic mass is 14.8. The molecule has 0 amide bonds. The summed E-state index contributed by atoms with van der Waals surface area (Å²) >= 11 is 0. The first-order valence-electron chi connectivity index (χ1n) is 3.15. The molecule has 1 nitrogen and oxygen atoms in total. The van der Waals surface area contributed by atoms with Crippen molar-refractivity contribution in [2.24, 2.45) is 0 Å². The Balaban J connectivity index is 2.04. The van der Waals surface area contributed by atoms with E-state index < -0.39 is 0 Å². The summed E-state index contributed by atoms with van der Waals surface area (Å²) in [5, 5.41) is 2.30. The van der Waals surface area contributed by atoms with Gasteiger partial charge in [0.2, 0.25) is 0 Å². The fourth-order valence-corrected chi connectivity index (χ4v) is 0.937. The van der Waals surface area contributed by atoms with Crippen molar-refractivity contribution in [3.8, 4) is 0 Å². The van der Waals surface area contributed by atoms with Crippen molar-refractivity contribution >= 4 is 0 Å². The Hall–Kier alpha value is -0.0400. The van der Waals surface area contributed by atoms with Gasteiger partial charge >= 0.3 is 0 Å². The van der Waals surface area contributed by atoms with Crippen LogP contribution in [0, 0.1) is 6.54 Å². The van der Waals surface area contributed by atoms with E-state index in [0.29, 0.717) is 0 Å². The van der Waals surface area contributed by atoms with Crippen molar-refractivity contribution in [2.45, 2.75) is 25.7 Å². The first-order valence-corrected chi connectivity index (χ1v) is 3.15. The highest BCUT2D eigenvalue weighted by molar-refractivity contribution is 4.51. The maximum absolute atomic E-state index is 2.30. The van der Waals surface area contributed by atoms with Crippen LogP contribution in [0.3, 0.4) is 0 Å². The van der Waals surface area contributed by atoms with E-state index in [9.17, 15) is 0 Å². The number of hydrogen-bond donors (Lipinski definition) is 1. The Morgan fingerprint density at radius 1 is 1.14 bits per heavy atom. The van der Waals surface area contributed by atoms with E-state index in [1.807, 2.05) is 0 Å². The molecule has 0 saturated carbocycles. The molecule has 42 valence electrons. The Morgan fingerprint density at radius 3 is 3.14 bits per heavy atom.